The molecular weight excluding hydrogens is 424 g/mol. The molecule has 0 spiro atoms. The van der Waals surface area contributed by atoms with Crippen molar-refractivity contribution in [3.8, 4) is 22.7 Å². The number of carboxylic acids is 1. The number of nitrogens with zero attached hydrogens (tertiary/aromatic N) is 6. The number of aromatic nitrogens is 6. The van der Waals surface area contributed by atoms with Gasteiger partial charge < -0.3 is 9.84 Å². The molecule has 4 rings (SSSR count). The molecule has 0 amide bonds. The van der Waals surface area contributed by atoms with Crippen molar-refractivity contribution < 1.29 is 14.6 Å². The number of carbonyl (C=O) groups is 1. The van der Waals surface area contributed by atoms with E-state index < -0.39 is 5.97 Å². The zero-order valence-electron chi connectivity index (χ0n) is 19.0. The zero-order chi connectivity index (χ0) is 23.9. The van der Waals surface area contributed by atoms with Crippen LogP contribution >= 0.6 is 0 Å². The molecule has 0 fully saturated rings. The lowest BCUT2D eigenvalue weighted by atomic mass is 10.0. The van der Waals surface area contributed by atoms with E-state index in [2.05, 4.69) is 15.5 Å². The number of aromatic carboxylic acids is 1. The van der Waals surface area contributed by atoms with Crippen molar-refractivity contribution in [3.63, 3.8) is 0 Å². The minimum Gasteiger partial charge on any atom is -0.489 e. The van der Waals surface area contributed by atoms with Crippen LogP contribution in [-0.4, -0.2) is 40.6 Å². The summed E-state index contributed by atoms with van der Waals surface area (Å²) >= 11 is 0. The number of benzene rings is 2. The molecule has 0 aliphatic heterocycles. The van der Waals surface area contributed by atoms with E-state index in [1.807, 2.05) is 50.2 Å². The largest absolute Gasteiger partial charge is 0.489 e. The number of ether oxygens (including phenoxy) is 1. The maximum absolute atomic E-state index is 12.3. The Balaban J connectivity index is 1.63. The van der Waals surface area contributed by atoms with Gasteiger partial charge in [-0.1, -0.05) is 12.1 Å². The number of tetrazole rings is 1. The van der Waals surface area contributed by atoms with Gasteiger partial charge in [-0.25, -0.2) is 9.59 Å². The predicted octanol–water partition coefficient (Wildman–Crippen LogP) is 2.57. The van der Waals surface area contributed by atoms with Gasteiger partial charge in [-0.2, -0.15) is 14.5 Å². The van der Waals surface area contributed by atoms with Crippen molar-refractivity contribution in [1.82, 2.24) is 29.6 Å². The molecule has 2 aromatic heterocycles. The molecule has 0 aliphatic carbocycles. The van der Waals surface area contributed by atoms with Crippen LogP contribution < -0.4 is 10.4 Å². The Morgan fingerprint density at radius 3 is 2.39 bits per heavy atom. The first-order valence-electron chi connectivity index (χ1n) is 10.3. The van der Waals surface area contributed by atoms with Crippen LogP contribution in [-0.2, 0) is 20.7 Å². The van der Waals surface area contributed by atoms with Gasteiger partial charge in [0.05, 0.1) is 11.4 Å². The van der Waals surface area contributed by atoms with E-state index in [4.69, 9.17) is 4.74 Å². The van der Waals surface area contributed by atoms with Crippen molar-refractivity contribution in [2.75, 3.05) is 0 Å². The average Bonchev–Trinajstić information content (AvgIpc) is 3.25. The first-order valence-corrected chi connectivity index (χ1v) is 10.3. The second-order valence-electron chi connectivity index (χ2n) is 7.89. The number of hydrogen-bond acceptors (Lipinski definition) is 6. The molecule has 170 valence electrons. The first-order chi connectivity index (χ1) is 15.7. The van der Waals surface area contributed by atoms with E-state index in [-0.39, 0.29) is 18.0 Å². The second-order valence-corrected chi connectivity index (χ2v) is 7.89. The van der Waals surface area contributed by atoms with Crippen LogP contribution in [0.1, 0.15) is 32.7 Å². The molecule has 33 heavy (non-hydrogen) atoms. The van der Waals surface area contributed by atoms with Crippen LogP contribution in [0.4, 0.5) is 0 Å². The number of carboxylic acid groups (broad SMARTS) is 1. The van der Waals surface area contributed by atoms with E-state index in [9.17, 15) is 14.7 Å². The fraction of sp³-hybridized carbons (Fsp3) is 0.261. The summed E-state index contributed by atoms with van der Waals surface area (Å²) in [4.78, 5) is 23.8. The number of rotatable bonds is 6. The molecule has 0 atom stereocenters. The third-order valence-corrected chi connectivity index (χ3v) is 5.64. The Hall–Kier alpha value is -4.21. The van der Waals surface area contributed by atoms with Crippen LogP contribution in [0.5, 0.6) is 5.75 Å². The zero-order valence-corrected chi connectivity index (χ0v) is 19.0. The van der Waals surface area contributed by atoms with E-state index in [1.165, 1.54) is 14.0 Å². The van der Waals surface area contributed by atoms with Gasteiger partial charge in [0.25, 0.3) is 0 Å². The van der Waals surface area contributed by atoms with Crippen molar-refractivity contribution in [3.05, 3.63) is 74.8 Å². The number of hydrogen-bond donors (Lipinski definition) is 1. The average molecular weight is 448 g/mol. The maximum Gasteiger partial charge on any atom is 0.368 e. The van der Waals surface area contributed by atoms with Crippen LogP contribution in [0.25, 0.3) is 16.9 Å². The van der Waals surface area contributed by atoms with E-state index in [1.54, 1.807) is 21.0 Å². The van der Waals surface area contributed by atoms with Gasteiger partial charge >= 0.3 is 11.7 Å². The van der Waals surface area contributed by atoms with Crippen molar-refractivity contribution in [2.24, 2.45) is 14.1 Å². The van der Waals surface area contributed by atoms with Gasteiger partial charge in [0.1, 0.15) is 18.1 Å². The van der Waals surface area contributed by atoms with Gasteiger partial charge in [0, 0.05) is 30.8 Å². The highest BCUT2D eigenvalue weighted by Crippen LogP contribution is 2.30. The molecular formula is C23H24N6O4. The molecule has 0 aliphatic rings. The molecule has 0 unspecified atom stereocenters. The molecule has 4 aromatic rings. The lowest BCUT2D eigenvalue weighted by Gasteiger charge is -2.14. The van der Waals surface area contributed by atoms with Gasteiger partial charge in [-0.15, -0.1) is 0 Å². The fourth-order valence-electron chi connectivity index (χ4n) is 3.85. The molecule has 0 bridgehead atoms. The molecule has 2 heterocycles. The third-order valence-electron chi connectivity index (χ3n) is 5.64. The molecule has 0 radical (unpaired) electrons. The molecule has 10 heteroatoms. The second kappa shape index (κ2) is 8.38. The number of aryl methyl sites for hydroxylation is 4. The van der Waals surface area contributed by atoms with Gasteiger partial charge in [-0.05, 0) is 66.6 Å². The lowest BCUT2D eigenvalue weighted by Crippen LogP contribution is -2.23. The first kappa shape index (κ1) is 22.0. The van der Waals surface area contributed by atoms with Gasteiger partial charge in [0.2, 0.25) is 0 Å². The predicted molar refractivity (Wildman–Crippen MR) is 121 cm³/mol. The van der Waals surface area contributed by atoms with E-state index in [0.29, 0.717) is 22.7 Å². The van der Waals surface area contributed by atoms with Crippen LogP contribution in [0, 0.1) is 20.8 Å². The summed E-state index contributed by atoms with van der Waals surface area (Å²) in [7, 11) is 3.16. The maximum atomic E-state index is 12.3. The highest BCUT2D eigenvalue weighted by molar-refractivity contribution is 5.89. The Morgan fingerprint density at radius 1 is 1.03 bits per heavy atom. The van der Waals surface area contributed by atoms with Crippen molar-refractivity contribution in [2.45, 2.75) is 27.4 Å². The fourth-order valence-corrected chi connectivity index (χ4v) is 3.85. The molecule has 1 N–H and O–H groups in total. The van der Waals surface area contributed by atoms with E-state index >= 15 is 0 Å². The quantitative estimate of drug-likeness (QED) is 0.482. The summed E-state index contributed by atoms with van der Waals surface area (Å²) in [6.07, 6.45) is 0. The molecule has 10 nitrogen and oxygen atoms in total. The summed E-state index contributed by atoms with van der Waals surface area (Å²) in [5.74, 6) is -0.340. The van der Waals surface area contributed by atoms with Gasteiger partial charge in [0.15, 0.2) is 0 Å². The van der Waals surface area contributed by atoms with Crippen LogP contribution in [0.3, 0.4) is 0 Å². The Morgan fingerprint density at radius 2 is 1.79 bits per heavy atom. The summed E-state index contributed by atoms with van der Waals surface area (Å²) in [6.45, 7) is 5.85. The summed E-state index contributed by atoms with van der Waals surface area (Å²) < 4.78 is 9.91. The SMILES string of the molecule is Cc1cc(-c2nn(C)c(C(=O)O)c2C)ccc1OCc1c(C)cccc1-n1nnn(C)c1=O. The smallest absolute Gasteiger partial charge is 0.368 e. The minimum absolute atomic E-state index is 0.161. The van der Waals surface area contributed by atoms with Gasteiger partial charge in [-0.3, -0.25) is 4.68 Å². The summed E-state index contributed by atoms with van der Waals surface area (Å²) in [5.41, 5.74) is 5.14. The summed E-state index contributed by atoms with van der Waals surface area (Å²) in [6, 6.07) is 11.2. The van der Waals surface area contributed by atoms with Crippen LogP contribution in [0.15, 0.2) is 41.2 Å². The van der Waals surface area contributed by atoms with Crippen molar-refractivity contribution >= 4 is 5.97 Å². The Bertz CT molecular complexity index is 1430. The molecule has 0 saturated carbocycles. The molecule has 0 saturated heterocycles. The van der Waals surface area contributed by atoms with Crippen molar-refractivity contribution in [1.29, 1.82) is 0 Å². The highest BCUT2D eigenvalue weighted by Gasteiger charge is 2.20. The monoisotopic (exact) mass is 448 g/mol. The summed E-state index contributed by atoms with van der Waals surface area (Å²) in [5, 5.41) is 21.5. The lowest BCUT2D eigenvalue weighted by molar-refractivity contribution is 0.0684. The topological polar surface area (TPSA) is 117 Å². The normalized spacial score (nSPS) is 11.1. The standard InChI is InChI=1S/C23H24N6O4/c1-13-7-6-8-18(29-23(32)28(5)25-26-29)17(13)12-33-19-10-9-16(11-14(19)2)20-15(3)21(22(30)31)27(4)24-20/h6-11H,12H2,1-5H3,(H,30,31). The Labute approximate surface area is 189 Å². The molecule has 2 aromatic carbocycles. The third kappa shape index (κ3) is 3.91. The highest BCUT2D eigenvalue weighted by atomic mass is 16.5. The minimum atomic E-state index is -1.01. The van der Waals surface area contributed by atoms with E-state index in [0.717, 1.165) is 22.3 Å². The Kier molecular flexibility index (Phi) is 5.59. The van der Waals surface area contributed by atoms with Crippen LogP contribution in [0.2, 0.25) is 0 Å².